The van der Waals surface area contributed by atoms with Gasteiger partial charge in [-0.05, 0) is 32.7 Å². The topological polar surface area (TPSA) is 58.4 Å². The molecule has 0 radical (unpaired) electrons. The van der Waals surface area contributed by atoms with Crippen molar-refractivity contribution in [3.63, 3.8) is 0 Å². The fourth-order valence-electron chi connectivity index (χ4n) is 2.79. The normalized spacial score (nSPS) is 30.4. The maximum absolute atomic E-state index is 11.4. The van der Waals surface area contributed by atoms with Crippen LogP contribution in [-0.4, -0.2) is 42.5 Å². The molecule has 4 nitrogen and oxygen atoms in total. The summed E-state index contributed by atoms with van der Waals surface area (Å²) in [6.07, 6.45) is 7.48. The number of carbonyl (C=O) groups is 1. The molecule has 2 fully saturated rings. The van der Waals surface area contributed by atoms with Gasteiger partial charge in [0.25, 0.3) is 0 Å². The van der Waals surface area contributed by atoms with Crippen LogP contribution in [0.5, 0.6) is 0 Å². The Bertz CT molecular complexity index is 253. The highest BCUT2D eigenvalue weighted by Crippen LogP contribution is 2.32. The van der Waals surface area contributed by atoms with E-state index in [-0.39, 0.29) is 12.5 Å². The van der Waals surface area contributed by atoms with Crippen molar-refractivity contribution in [2.75, 3.05) is 13.6 Å². The number of hydrogen-bond donors (Lipinski definition) is 2. The van der Waals surface area contributed by atoms with Crippen molar-refractivity contribution in [1.29, 1.82) is 0 Å². The van der Waals surface area contributed by atoms with Crippen LogP contribution in [0.3, 0.4) is 0 Å². The van der Waals surface area contributed by atoms with Gasteiger partial charge in [0, 0.05) is 18.1 Å². The zero-order valence-electron chi connectivity index (χ0n) is 10.1. The zero-order chi connectivity index (χ0) is 11.5. The Kier molecular flexibility index (Phi) is 3.82. The van der Waals surface area contributed by atoms with Crippen LogP contribution in [0.4, 0.5) is 0 Å². The Balaban J connectivity index is 1.92. The molecular formula is C12H23N3O. The van der Waals surface area contributed by atoms with Gasteiger partial charge in [-0.2, -0.15) is 0 Å². The quantitative estimate of drug-likeness (QED) is 0.731. The van der Waals surface area contributed by atoms with Crippen molar-refractivity contribution >= 4 is 5.91 Å². The van der Waals surface area contributed by atoms with Gasteiger partial charge in [0.15, 0.2) is 0 Å². The molecule has 0 aromatic carbocycles. The van der Waals surface area contributed by atoms with E-state index in [0.717, 1.165) is 12.5 Å². The van der Waals surface area contributed by atoms with Crippen LogP contribution in [0.1, 0.15) is 38.5 Å². The Hall–Kier alpha value is -0.610. The first kappa shape index (κ1) is 11.9. The van der Waals surface area contributed by atoms with Crippen molar-refractivity contribution in [3.8, 4) is 0 Å². The minimum Gasteiger partial charge on any atom is -0.351 e. The van der Waals surface area contributed by atoms with E-state index < -0.39 is 0 Å². The maximum atomic E-state index is 11.4. The summed E-state index contributed by atoms with van der Waals surface area (Å²) in [5.74, 6) is -0.0129. The first-order chi connectivity index (χ1) is 7.72. The molecule has 0 spiro atoms. The number of hydrogen-bond acceptors (Lipinski definition) is 3. The molecule has 2 rings (SSSR count). The number of nitrogens with two attached hydrogens (primary N) is 1. The molecule has 0 bridgehead atoms. The Morgan fingerprint density at radius 1 is 1.31 bits per heavy atom. The number of nitrogens with one attached hydrogen (secondary N) is 1. The molecule has 0 aromatic heterocycles. The van der Waals surface area contributed by atoms with Crippen molar-refractivity contribution < 1.29 is 4.79 Å². The largest absolute Gasteiger partial charge is 0.351 e. The van der Waals surface area contributed by atoms with Gasteiger partial charge in [-0.25, -0.2) is 0 Å². The third kappa shape index (κ3) is 2.74. The highest BCUT2D eigenvalue weighted by molar-refractivity contribution is 5.78. The second-order valence-electron chi connectivity index (χ2n) is 5.13. The van der Waals surface area contributed by atoms with Crippen LogP contribution in [0, 0.1) is 0 Å². The Labute approximate surface area is 97.6 Å². The summed E-state index contributed by atoms with van der Waals surface area (Å²) in [5, 5.41) is 3.08. The van der Waals surface area contributed by atoms with E-state index in [9.17, 15) is 4.79 Å². The fraction of sp³-hybridized carbons (Fsp3) is 0.917. The average molecular weight is 225 g/mol. The highest BCUT2D eigenvalue weighted by Gasteiger charge is 2.36. The maximum Gasteiger partial charge on any atom is 0.234 e. The SMILES string of the molecule is CN(C1CC1)[C@@H]1CCCC[C@@H]1NC(=O)CN. The average Bonchev–Trinajstić information content (AvgIpc) is 3.12. The smallest absolute Gasteiger partial charge is 0.234 e. The number of likely N-dealkylation sites (N-methyl/N-ethyl adjacent to an activating group) is 1. The van der Waals surface area contributed by atoms with Gasteiger partial charge in [0.2, 0.25) is 5.91 Å². The van der Waals surface area contributed by atoms with Crippen LogP contribution in [0.2, 0.25) is 0 Å². The first-order valence-electron chi connectivity index (χ1n) is 6.43. The van der Waals surface area contributed by atoms with E-state index in [0.29, 0.717) is 12.1 Å². The summed E-state index contributed by atoms with van der Waals surface area (Å²) in [7, 11) is 2.20. The van der Waals surface area contributed by atoms with E-state index in [1.165, 1.54) is 32.1 Å². The number of carbonyl (C=O) groups excluding carboxylic acids is 1. The third-order valence-corrected chi connectivity index (χ3v) is 3.91. The van der Waals surface area contributed by atoms with E-state index in [2.05, 4.69) is 17.3 Å². The molecule has 0 aromatic rings. The van der Waals surface area contributed by atoms with Gasteiger partial charge in [-0.1, -0.05) is 12.8 Å². The first-order valence-corrected chi connectivity index (χ1v) is 6.43. The lowest BCUT2D eigenvalue weighted by molar-refractivity contribution is -0.121. The molecule has 3 N–H and O–H groups in total. The molecule has 0 heterocycles. The van der Waals surface area contributed by atoms with Crippen molar-refractivity contribution in [2.24, 2.45) is 5.73 Å². The summed E-state index contributed by atoms with van der Waals surface area (Å²) in [6.45, 7) is 0.108. The van der Waals surface area contributed by atoms with Gasteiger partial charge < -0.3 is 11.1 Å². The predicted octanol–water partition coefficient (Wildman–Crippen LogP) is 0.467. The lowest BCUT2D eigenvalue weighted by Crippen LogP contribution is -2.53. The summed E-state index contributed by atoms with van der Waals surface area (Å²) < 4.78 is 0. The van der Waals surface area contributed by atoms with E-state index in [1.807, 2.05) is 0 Å². The van der Waals surface area contributed by atoms with Gasteiger partial charge in [0.05, 0.1) is 6.54 Å². The molecule has 1 amide bonds. The molecule has 2 aliphatic rings. The van der Waals surface area contributed by atoms with Crippen molar-refractivity contribution in [1.82, 2.24) is 10.2 Å². The third-order valence-electron chi connectivity index (χ3n) is 3.91. The van der Waals surface area contributed by atoms with Crippen molar-refractivity contribution in [2.45, 2.75) is 56.7 Å². The fourth-order valence-corrected chi connectivity index (χ4v) is 2.79. The summed E-state index contributed by atoms with van der Waals surface area (Å²) in [4.78, 5) is 13.9. The molecule has 4 heteroatoms. The van der Waals surface area contributed by atoms with Crippen LogP contribution in [-0.2, 0) is 4.79 Å². The van der Waals surface area contributed by atoms with Crippen LogP contribution < -0.4 is 11.1 Å². The molecule has 92 valence electrons. The Morgan fingerprint density at radius 2 is 2.00 bits per heavy atom. The van der Waals surface area contributed by atoms with Crippen LogP contribution in [0.15, 0.2) is 0 Å². The minimum absolute atomic E-state index is 0.0129. The summed E-state index contributed by atoms with van der Waals surface area (Å²) in [5.41, 5.74) is 5.36. The lowest BCUT2D eigenvalue weighted by atomic mass is 9.89. The second-order valence-corrected chi connectivity index (χ2v) is 5.13. The zero-order valence-corrected chi connectivity index (χ0v) is 10.1. The molecule has 0 saturated heterocycles. The highest BCUT2D eigenvalue weighted by atomic mass is 16.1. The summed E-state index contributed by atoms with van der Waals surface area (Å²) in [6, 6.07) is 1.60. The van der Waals surface area contributed by atoms with Crippen LogP contribution >= 0.6 is 0 Å². The van der Waals surface area contributed by atoms with E-state index >= 15 is 0 Å². The monoisotopic (exact) mass is 225 g/mol. The second kappa shape index (κ2) is 5.15. The molecule has 2 aliphatic carbocycles. The molecule has 2 atom stereocenters. The number of amides is 1. The van der Waals surface area contributed by atoms with E-state index in [1.54, 1.807) is 0 Å². The Morgan fingerprint density at radius 3 is 2.62 bits per heavy atom. The lowest BCUT2D eigenvalue weighted by Gasteiger charge is -2.38. The molecular weight excluding hydrogens is 202 g/mol. The number of nitrogens with zero attached hydrogens (tertiary/aromatic N) is 1. The van der Waals surface area contributed by atoms with Gasteiger partial charge >= 0.3 is 0 Å². The van der Waals surface area contributed by atoms with Gasteiger partial charge in [-0.15, -0.1) is 0 Å². The standard InChI is InChI=1S/C12H23N3O/c1-15(9-6-7-9)11-5-3-2-4-10(11)14-12(16)8-13/h9-11H,2-8,13H2,1H3,(H,14,16)/t10-,11+/m0/s1. The minimum atomic E-state index is -0.0129. The van der Waals surface area contributed by atoms with Crippen molar-refractivity contribution in [3.05, 3.63) is 0 Å². The molecule has 0 aliphatic heterocycles. The number of rotatable bonds is 4. The van der Waals surface area contributed by atoms with Gasteiger partial charge in [0.1, 0.15) is 0 Å². The van der Waals surface area contributed by atoms with E-state index in [4.69, 9.17) is 5.73 Å². The molecule has 16 heavy (non-hydrogen) atoms. The molecule has 2 saturated carbocycles. The predicted molar refractivity (Wildman–Crippen MR) is 64.0 cm³/mol. The summed E-state index contributed by atoms with van der Waals surface area (Å²) >= 11 is 0. The molecule has 0 unspecified atom stereocenters. The van der Waals surface area contributed by atoms with Gasteiger partial charge in [-0.3, -0.25) is 9.69 Å². The van der Waals surface area contributed by atoms with Crippen LogP contribution in [0.25, 0.3) is 0 Å².